The number of nitrogens with zero attached hydrogens (tertiary/aromatic N) is 1. The van der Waals surface area contributed by atoms with Crippen molar-refractivity contribution in [2.45, 2.75) is 31.4 Å². The standard InChI is InChI=1S/C19H26N2O4/c22-19(18-13-24-16-3-1-2-4-17(16)25-18)20-11-14-5-8-21(9-6-14)15-7-10-23-12-15/h1-4,14-15,18H,5-13H2,(H,20,22)/t15-,18-/m0/s1. The highest BCUT2D eigenvalue weighted by Gasteiger charge is 2.30. The summed E-state index contributed by atoms with van der Waals surface area (Å²) >= 11 is 0. The molecule has 0 radical (unpaired) electrons. The van der Waals surface area contributed by atoms with Crippen LogP contribution in [0.4, 0.5) is 0 Å². The largest absolute Gasteiger partial charge is 0.485 e. The molecule has 0 spiro atoms. The molecule has 1 amide bonds. The van der Waals surface area contributed by atoms with Gasteiger partial charge in [0.2, 0.25) is 6.10 Å². The second kappa shape index (κ2) is 7.62. The lowest BCUT2D eigenvalue weighted by atomic mass is 9.95. The molecule has 3 aliphatic rings. The highest BCUT2D eigenvalue weighted by atomic mass is 16.6. The lowest BCUT2D eigenvalue weighted by Gasteiger charge is -2.35. The van der Waals surface area contributed by atoms with Gasteiger partial charge in [-0.3, -0.25) is 9.69 Å². The summed E-state index contributed by atoms with van der Waals surface area (Å²) in [7, 11) is 0. The zero-order valence-electron chi connectivity index (χ0n) is 14.5. The molecule has 6 heteroatoms. The van der Waals surface area contributed by atoms with Crippen LogP contribution >= 0.6 is 0 Å². The summed E-state index contributed by atoms with van der Waals surface area (Å²) in [5, 5.41) is 3.05. The predicted octanol–water partition coefficient (Wildman–Crippen LogP) is 1.44. The summed E-state index contributed by atoms with van der Waals surface area (Å²) in [5.41, 5.74) is 0. The summed E-state index contributed by atoms with van der Waals surface area (Å²) in [5.74, 6) is 1.80. The topological polar surface area (TPSA) is 60.0 Å². The van der Waals surface area contributed by atoms with E-state index in [-0.39, 0.29) is 12.5 Å². The second-order valence-corrected chi connectivity index (χ2v) is 7.11. The van der Waals surface area contributed by atoms with E-state index in [1.807, 2.05) is 24.3 Å². The summed E-state index contributed by atoms with van der Waals surface area (Å²) in [6, 6.07) is 8.06. The third-order valence-electron chi connectivity index (χ3n) is 5.44. The molecule has 6 nitrogen and oxygen atoms in total. The van der Waals surface area contributed by atoms with Gasteiger partial charge < -0.3 is 19.5 Å². The Morgan fingerprint density at radius 3 is 2.68 bits per heavy atom. The van der Waals surface area contributed by atoms with Crippen molar-refractivity contribution in [3.8, 4) is 11.5 Å². The molecule has 0 saturated carbocycles. The number of piperidine rings is 1. The normalized spacial score (nSPS) is 27.2. The number of likely N-dealkylation sites (tertiary alicyclic amines) is 1. The molecular formula is C19H26N2O4. The van der Waals surface area contributed by atoms with Crippen LogP contribution in [0, 0.1) is 5.92 Å². The first-order valence-corrected chi connectivity index (χ1v) is 9.27. The summed E-state index contributed by atoms with van der Waals surface area (Å²) in [4.78, 5) is 14.9. The van der Waals surface area contributed by atoms with Gasteiger partial charge in [-0.15, -0.1) is 0 Å². The zero-order valence-corrected chi connectivity index (χ0v) is 14.5. The Hall–Kier alpha value is -1.79. The number of ether oxygens (including phenoxy) is 3. The van der Waals surface area contributed by atoms with Crippen molar-refractivity contribution in [3.63, 3.8) is 0 Å². The van der Waals surface area contributed by atoms with Crippen molar-refractivity contribution in [1.29, 1.82) is 0 Å². The van der Waals surface area contributed by atoms with E-state index in [4.69, 9.17) is 14.2 Å². The fourth-order valence-corrected chi connectivity index (χ4v) is 3.84. The number of carbonyl (C=O) groups excluding carboxylic acids is 1. The van der Waals surface area contributed by atoms with Gasteiger partial charge in [0.05, 0.1) is 6.61 Å². The maximum Gasteiger partial charge on any atom is 0.264 e. The number of amides is 1. The number of rotatable bonds is 4. The summed E-state index contributed by atoms with van der Waals surface area (Å²) in [6.45, 7) is 4.96. The van der Waals surface area contributed by atoms with Gasteiger partial charge in [-0.1, -0.05) is 12.1 Å². The Morgan fingerprint density at radius 1 is 1.12 bits per heavy atom. The van der Waals surface area contributed by atoms with Gasteiger partial charge in [-0.05, 0) is 50.4 Å². The van der Waals surface area contributed by atoms with E-state index in [1.54, 1.807) is 0 Å². The first-order valence-electron chi connectivity index (χ1n) is 9.27. The summed E-state index contributed by atoms with van der Waals surface area (Å²) < 4.78 is 16.9. The zero-order chi connectivity index (χ0) is 17.1. The minimum Gasteiger partial charge on any atom is -0.485 e. The maximum atomic E-state index is 12.4. The molecule has 3 heterocycles. The molecule has 3 aliphatic heterocycles. The van der Waals surface area contributed by atoms with Gasteiger partial charge in [0, 0.05) is 19.2 Å². The Labute approximate surface area is 148 Å². The van der Waals surface area contributed by atoms with E-state index in [2.05, 4.69) is 10.2 Å². The predicted molar refractivity (Wildman–Crippen MR) is 92.9 cm³/mol. The Morgan fingerprint density at radius 2 is 1.92 bits per heavy atom. The fraction of sp³-hybridized carbons (Fsp3) is 0.632. The van der Waals surface area contributed by atoms with Crippen LogP contribution < -0.4 is 14.8 Å². The van der Waals surface area contributed by atoms with Crippen molar-refractivity contribution in [1.82, 2.24) is 10.2 Å². The van der Waals surface area contributed by atoms with Crippen molar-refractivity contribution < 1.29 is 19.0 Å². The number of hydrogen-bond donors (Lipinski definition) is 1. The molecular weight excluding hydrogens is 320 g/mol. The van der Waals surface area contributed by atoms with Gasteiger partial charge in [0.1, 0.15) is 6.61 Å². The Balaban J connectivity index is 1.21. The maximum absolute atomic E-state index is 12.4. The molecule has 0 unspecified atom stereocenters. The highest BCUT2D eigenvalue weighted by Crippen LogP contribution is 2.31. The first-order chi connectivity index (χ1) is 12.3. The smallest absolute Gasteiger partial charge is 0.264 e. The van der Waals surface area contributed by atoms with Gasteiger partial charge >= 0.3 is 0 Å². The van der Waals surface area contributed by atoms with E-state index < -0.39 is 6.10 Å². The number of fused-ring (bicyclic) bond motifs is 1. The molecule has 1 aromatic rings. The average Bonchev–Trinajstić information content (AvgIpc) is 3.21. The van der Waals surface area contributed by atoms with Gasteiger partial charge in [0.15, 0.2) is 11.5 Å². The van der Waals surface area contributed by atoms with Crippen molar-refractivity contribution in [2.75, 3.05) is 39.5 Å². The van der Waals surface area contributed by atoms with Crippen LogP contribution in [0.5, 0.6) is 11.5 Å². The van der Waals surface area contributed by atoms with Crippen LogP contribution in [0.15, 0.2) is 24.3 Å². The summed E-state index contributed by atoms with van der Waals surface area (Å²) in [6.07, 6.45) is 2.84. The van der Waals surface area contributed by atoms with Crippen LogP contribution in [0.2, 0.25) is 0 Å². The molecule has 25 heavy (non-hydrogen) atoms. The van der Waals surface area contributed by atoms with E-state index in [0.29, 0.717) is 23.5 Å². The Bertz CT molecular complexity index is 595. The minimum absolute atomic E-state index is 0.0823. The van der Waals surface area contributed by atoms with Crippen LogP contribution in [0.3, 0.4) is 0 Å². The number of hydrogen-bond acceptors (Lipinski definition) is 5. The van der Waals surface area contributed by atoms with Crippen LogP contribution in [0.25, 0.3) is 0 Å². The lowest BCUT2D eigenvalue weighted by molar-refractivity contribution is -0.130. The molecule has 2 saturated heterocycles. The van der Waals surface area contributed by atoms with E-state index in [9.17, 15) is 4.79 Å². The SMILES string of the molecule is O=C(NCC1CCN([C@H]2CCOC2)CC1)[C@@H]1COc2ccccc2O1. The third kappa shape index (κ3) is 3.90. The molecule has 0 bridgehead atoms. The number of para-hydroxylation sites is 2. The minimum atomic E-state index is -0.564. The first kappa shape index (κ1) is 16.7. The molecule has 1 aromatic carbocycles. The monoisotopic (exact) mass is 346 g/mol. The van der Waals surface area contributed by atoms with Gasteiger partial charge in [0.25, 0.3) is 5.91 Å². The average molecular weight is 346 g/mol. The molecule has 0 aromatic heterocycles. The van der Waals surface area contributed by atoms with Gasteiger partial charge in [-0.2, -0.15) is 0 Å². The molecule has 1 N–H and O–H groups in total. The quantitative estimate of drug-likeness (QED) is 0.894. The third-order valence-corrected chi connectivity index (χ3v) is 5.44. The van der Waals surface area contributed by atoms with E-state index >= 15 is 0 Å². The molecule has 4 rings (SSSR count). The number of carbonyl (C=O) groups is 1. The van der Waals surface area contributed by atoms with Crippen molar-refractivity contribution in [3.05, 3.63) is 24.3 Å². The molecule has 0 aliphatic carbocycles. The second-order valence-electron chi connectivity index (χ2n) is 7.11. The molecule has 2 atom stereocenters. The molecule has 2 fully saturated rings. The number of nitrogens with one attached hydrogen (secondary N) is 1. The van der Waals surface area contributed by atoms with Crippen LogP contribution in [-0.4, -0.2) is 62.4 Å². The number of benzene rings is 1. The van der Waals surface area contributed by atoms with E-state index in [1.165, 1.54) is 0 Å². The van der Waals surface area contributed by atoms with Crippen LogP contribution in [0.1, 0.15) is 19.3 Å². The highest BCUT2D eigenvalue weighted by molar-refractivity contribution is 5.81. The lowest BCUT2D eigenvalue weighted by Crippen LogP contribution is -2.47. The Kier molecular flexibility index (Phi) is 5.08. The van der Waals surface area contributed by atoms with Gasteiger partial charge in [-0.25, -0.2) is 0 Å². The van der Waals surface area contributed by atoms with E-state index in [0.717, 1.165) is 52.1 Å². The van der Waals surface area contributed by atoms with Crippen molar-refractivity contribution in [2.24, 2.45) is 5.92 Å². The van der Waals surface area contributed by atoms with Crippen molar-refractivity contribution >= 4 is 5.91 Å². The van der Waals surface area contributed by atoms with Crippen LogP contribution in [-0.2, 0) is 9.53 Å². The fourth-order valence-electron chi connectivity index (χ4n) is 3.84. The molecule has 136 valence electrons.